The van der Waals surface area contributed by atoms with Gasteiger partial charge in [0.15, 0.2) is 0 Å². The van der Waals surface area contributed by atoms with Gasteiger partial charge in [0.2, 0.25) is 0 Å². The van der Waals surface area contributed by atoms with Crippen LogP contribution >= 0.6 is 0 Å². The summed E-state index contributed by atoms with van der Waals surface area (Å²) in [6, 6.07) is 0. The highest BCUT2D eigenvalue weighted by atomic mass is 19.4. The zero-order valence-electron chi connectivity index (χ0n) is 11.7. The molecule has 1 aliphatic carbocycles. The van der Waals surface area contributed by atoms with Crippen molar-refractivity contribution in [3.05, 3.63) is 0 Å². The summed E-state index contributed by atoms with van der Waals surface area (Å²) in [6.45, 7) is 2.80. The lowest BCUT2D eigenvalue weighted by Crippen LogP contribution is -2.48. The zero-order valence-corrected chi connectivity index (χ0v) is 11.7. The van der Waals surface area contributed by atoms with Crippen molar-refractivity contribution in [1.29, 1.82) is 0 Å². The van der Waals surface area contributed by atoms with Gasteiger partial charge in [-0.2, -0.15) is 13.2 Å². The van der Waals surface area contributed by atoms with E-state index in [-0.39, 0.29) is 12.0 Å². The Morgan fingerprint density at radius 1 is 1.21 bits per heavy atom. The third kappa shape index (κ3) is 3.85. The molecule has 112 valence electrons. The summed E-state index contributed by atoms with van der Waals surface area (Å²) >= 11 is 0. The molecular weight excluding hydrogens is 253 g/mol. The Morgan fingerprint density at radius 2 is 1.89 bits per heavy atom. The van der Waals surface area contributed by atoms with Crippen molar-refractivity contribution in [1.82, 2.24) is 10.2 Å². The summed E-state index contributed by atoms with van der Waals surface area (Å²) in [5.41, 5.74) is 0.211. The fourth-order valence-electron chi connectivity index (χ4n) is 3.83. The van der Waals surface area contributed by atoms with Crippen LogP contribution in [-0.4, -0.2) is 44.3 Å². The molecule has 2 rings (SSSR count). The Bertz CT molecular complexity index is 285. The molecule has 2 nitrogen and oxygen atoms in total. The van der Waals surface area contributed by atoms with E-state index in [0.717, 1.165) is 32.5 Å². The van der Waals surface area contributed by atoms with E-state index in [0.29, 0.717) is 12.8 Å². The molecular formula is C14H25F3N2. The zero-order chi connectivity index (χ0) is 13.9. The average molecular weight is 278 g/mol. The highest BCUT2D eigenvalue weighted by Gasteiger charge is 2.43. The second kappa shape index (κ2) is 6.00. The van der Waals surface area contributed by atoms with Crippen LogP contribution in [0.15, 0.2) is 0 Å². The molecule has 0 aromatic heterocycles. The van der Waals surface area contributed by atoms with Crippen LogP contribution in [0.4, 0.5) is 13.2 Å². The molecule has 1 unspecified atom stereocenters. The fourth-order valence-corrected chi connectivity index (χ4v) is 3.83. The number of hydrogen-bond acceptors (Lipinski definition) is 2. The normalized spacial score (nSPS) is 28.7. The van der Waals surface area contributed by atoms with Crippen molar-refractivity contribution in [3.8, 4) is 0 Å². The smallest absolute Gasteiger partial charge is 0.319 e. The topological polar surface area (TPSA) is 15.3 Å². The van der Waals surface area contributed by atoms with Gasteiger partial charge in [0.1, 0.15) is 0 Å². The fraction of sp³-hybridized carbons (Fsp3) is 1.00. The Morgan fingerprint density at radius 3 is 2.47 bits per heavy atom. The molecule has 0 amide bonds. The standard InChI is InChI=1S/C14H25F3N2/c1-18-10-13(6-2-3-7-13)11-19-8-4-5-12(9-19)14(15,16)17/h12,18H,2-11H2,1H3. The molecule has 1 aliphatic heterocycles. The molecule has 1 heterocycles. The minimum Gasteiger partial charge on any atom is -0.319 e. The van der Waals surface area contributed by atoms with Gasteiger partial charge in [-0.1, -0.05) is 12.8 Å². The van der Waals surface area contributed by atoms with Crippen molar-refractivity contribution in [2.45, 2.75) is 44.7 Å². The van der Waals surface area contributed by atoms with E-state index in [1.807, 2.05) is 7.05 Å². The van der Waals surface area contributed by atoms with E-state index < -0.39 is 12.1 Å². The second-order valence-corrected chi connectivity index (χ2v) is 6.35. The van der Waals surface area contributed by atoms with Crippen LogP contribution in [0.2, 0.25) is 0 Å². The van der Waals surface area contributed by atoms with E-state index in [1.54, 1.807) is 0 Å². The van der Waals surface area contributed by atoms with E-state index >= 15 is 0 Å². The molecule has 0 aromatic rings. The van der Waals surface area contributed by atoms with E-state index in [1.165, 1.54) is 12.8 Å². The first-order valence-electron chi connectivity index (χ1n) is 7.39. The minimum atomic E-state index is -4.02. The molecule has 1 N–H and O–H groups in total. The van der Waals surface area contributed by atoms with Gasteiger partial charge < -0.3 is 10.2 Å². The minimum absolute atomic E-state index is 0.203. The molecule has 1 saturated heterocycles. The predicted octanol–water partition coefficient (Wildman–Crippen LogP) is 3.04. The predicted molar refractivity (Wildman–Crippen MR) is 70.0 cm³/mol. The third-order valence-electron chi connectivity index (χ3n) is 4.74. The largest absolute Gasteiger partial charge is 0.393 e. The van der Waals surface area contributed by atoms with Gasteiger partial charge in [-0.15, -0.1) is 0 Å². The van der Waals surface area contributed by atoms with Gasteiger partial charge in [0, 0.05) is 19.6 Å². The molecule has 0 spiro atoms. The van der Waals surface area contributed by atoms with E-state index in [4.69, 9.17) is 0 Å². The van der Waals surface area contributed by atoms with Crippen LogP contribution in [0, 0.1) is 11.3 Å². The lowest BCUT2D eigenvalue weighted by molar-refractivity contribution is -0.187. The summed E-state index contributed by atoms with van der Waals surface area (Å²) < 4.78 is 38.5. The average Bonchev–Trinajstić information content (AvgIpc) is 2.77. The molecule has 19 heavy (non-hydrogen) atoms. The van der Waals surface area contributed by atoms with Crippen LogP contribution in [0.3, 0.4) is 0 Å². The highest BCUT2D eigenvalue weighted by molar-refractivity contribution is 4.91. The molecule has 0 radical (unpaired) electrons. The van der Waals surface area contributed by atoms with Gasteiger partial charge in [-0.3, -0.25) is 0 Å². The maximum atomic E-state index is 12.8. The van der Waals surface area contributed by atoms with Crippen molar-refractivity contribution < 1.29 is 13.2 Å². The van der Waals surface area contributed by atoms with Crippen molar-refractivity contribution in [2.75, 3.05) is 33.2 Å². The van der Waals surface area contributed by atoms with Gasteiger partial charge in [0.05, 0.1) is 5.92 Å². The third-order valence-corrected chi connectivity index (χ3v) is 4.74. The maximum absolute atomic E-state index is 12.8. The van der Waals surface area contributed by atoms with Crippen LogP contribution < -0.4 is 5.32 Å². The van der Waals surface area contributed by atoms with Crippen molar-refractivity contribution in [3.63, 3.8) is 0 Å². The molecule has 2 aliphatic rings. The van der Waals surface area contributed by atoms with Gasteiger partial charge in [0.25, 0.3) is 0 Å². The van der Waals surface area contributed by atoms with Crippen molar-refractivity contribution in [2.24, 2.45) is 11.3 Å². The summed E-state index contributed by atoms with van der Waals surface area (Å²) in [7, 11) is 1.94. The Hall–Kier alpha value is -0.290. The first-order chi connectivity index (χ1) is 8.95. The first-order valence-corrected chi connectivity index (χ1v) is 7.39. The molecule has 5 heteroatoms. The van der Waals surface area contributed by atoms with E-state index in [9.17, 15) is 13.2 Å². The van der Waals surface area contributed by atoms with Gasteiger partial charge in [-0.25, -0.2) is 0 Å². The van der Waals surface area contributed by atoms with Gasteiger partial charge >= 0.3 is 6.18 Å². The number of hydrogen-bond donors (Lipinski definition) is 1. The number of piperidine rings is 1. The highest BCUT2D eigenvalue weighted by Crippen LogP contribution is 2.40. The summed E-state index contributed by atoms with van der Waals surface area (Å²) in [5.74, 6) is -1.12. The molecule has 1 atom stereocenters. The molecule has 0 aromatic carbocycles. The number of alkyl halides is 3. The van der Waals surface area contributed by atoms with Crippen LogP contribution in [0.25, 0.3) is 0 Å². The van der Waals surface area contributed by atoms with Crippen LogP contribution in [-0.2, 0) is 0 Å². The van der Waals surface area contributed by atoms with E-state index in [2.05, 4.69) is 10.2 Å². The Kier molecular flexibility index (Phi) is 4.77. The Balaban J connectivity index is 1.94. The lowest BCUT2D eigenvalue weighted by Gasteiger charge is -2.40. The first kappa shape index (κ1) is 15.1. The number of likely N-dealkylation sites (tertiary alicyclic amines) is 1. The van der Waals surface area contributed by atoms with Crippen LogP contribution in [0.1, 0.15) is 38.5 Å². The molecule has 1 saturated carbocycles. The van der Waals surface area contributed by atoms with Crippen molar-refractivity contribution >= 4 is 0 Å². The second-order valence-electron chi connectivity index (χ2n) is 6.35. The number of halogens is 3. The molecule has 0 bridgehead atoms. The molecule has 2 fully saturated rings. The number of nitrogens with one attached hydrogen (secondary N) is 1. The number of rotatable bonds is 4. The van der Waals surface area contributed by atoms with Gasteiger partial charge in [-0.05, 0) is 44.7 Å². The monoisotopic (exact) mass is 278 g/mol. The Labute approximate surface area is 113 Å². The van der Waals surface area contributed by atoms with Crippen LogP contribution in [0.5, 0.6) is 0 Å². The SMILES string of the molecule is CNCC1(CN2CCCC(C(F)(F)F)C2)CCCC1. The summed E-state index contributed by atoms with van der Waals surface area (Å²) in [4.78, 5) is 2.06. The summed E-state index contributed by atoms with van der Waals surface area (Å²) in [5, 5.41) is 3.23. The quantitative estimate of drug-likeness (QED) is 0.850. The lowest BCUT2D eigenvalue weighted by atomic mass is 9.84. The maximum Gasteiger partial charge on any atom is 0.393 e. The number of nitrogens with zero attached hydrogens (tertiary/aromatic N) is 1. The summed E-state index contributed by atoms with van der Waals surface area (Å²) in [6.07, 6.45) is 1.71.